The number of benzene rings is 1. The van der Waals surface area contributed by atoms with Gasteiger partial charge < -0.3 is 14.2 Å². The standard InChI is InChI=1S/C16H21N3O3/c1-20-15-4-3-5-16(21-2)12(15)10-19-8-9-22-11-14(19)13-6-7-17-18-13/h3-7,14H,8-11H2,1-2H3,(H,17,18). The molecule has 0 aliphatic carbocycles. The van der Waals surface area contributed by atoms with Gasteiger partial charge in [0.15, 0.2) is 0 Å². The summed E-state index contributed by atoms with van der Waals surface area (Å²) in [5.74, 6) is 1.68. The fourth-order valence-corrected chi connectivity index (χ4v) is 2.85. The molecule has 0 amide bonds. The number of hydrogen-bond acceptors (Lipinski definition) is 5. The SMILES string of the molecule is COc1cccc(OC)c1CN1CCOCC1c1ccn[nH]1. The van der Waals surface area contributed by atoms with Crippen LogP contribution in [-0.4, -0.2) is 49.1 Å². The van der Waals surface area contributed by atoms with Gasteiger partial charge in [-0.3, -0.25) is 10.00 Å². The molecule has 6 nitrogen and oxygen atoms in total. The van der Waals surface area contributed by atoms with E-state index in [1.54, 1.807) is 20.4 Å². The van der Waals surface area contributed by atoms with Crippen LogP contribution >= 0.6 is 0 Å². The Kier molecular flexibility index (Phi) is 4.60. The zero-order chi connectivity index (χ0) is 15.4. The fourth-order valence-electron chi connectivity index (χ4n) is 2.85. The summed E-state index contributed by atoms with van der Waals surface area (Å²) < 4.78 is 16.6. The van der Waals surface area contributed by atoms with E-state index in [4.69, 9.17) is 14.2 Å². The monoisotopic (exact) mass is 303 g/mol. The molecule has 1 aliphatic rings. The van der Waals surface area contributed by atoms with Crippen LogP contribution in [0.4, 0.5) is 0 Å². The molecule has 1 atom stereocenters. The molecule has 1 unspecified atom stereocenters. The molecular weight excluding hydrogens is 282 g/mol. The molecule has 0 bridgehead atoms. The van der Waals surface area contributed by atoms with E-state index < -0.39 is 0 Å². The van der Waals surface area contributed by atoms with Crippen LogP contribution in [0.15, 0.2) is 30.5 Å². The van der Waals surface area contributed by atoms with Gasteiger partial charge >= 0.3 is 0 Å². The van der Waals surface area contributed by atoms with E-state index in [1.807, 2.05) is 24.3 Å². The molecule has 1 aliphatic heterocycles. The number of morpholine rings is 1. The van der Waals surface area contributed by atoms with E-state index in [-0.39, 0.29) is 6.04 Å². The van der Waals surface area contributed by atoms with Crippen LogP contribution in [0.25, 0.3) is 0 Å². The Labute approximate surface area is 130 Å². The van der Waals surface area contributed by atoms with Crippen molar-refractivity contribution in [3.05, 3.63) is 41.7 Å². The quantitative estimate of drug-likeness (QED) is 0.915. The van der Waals surface area contributed by atoms with E-state index >= 15 is 0 Å². The molecule has 1 N–H and O–H groups in total. The van der Waals surface area contributed by atoms with Crippen LogP contribution in [0.2, 0.25) is 0 Å². The minimum absolute atomic E-state index is 0.158. The molecular formula is C16H21N3O3. The maximum absolute atomic E-state index is 5.64. The highest BCUT2D eigenvalue weighted by Gasteiger charge is 2.27. The first-order valence-corrected chi connectivity index (χ1v) is 7.34. The second-order valence-electron chi connectivity index (χ2n) is 5.21. The maximum Gasteiger partial charge on any atom is 0.127 e. The summed E-state index contributed by atoms with van der Waals surface area (Å²) in [6.07, 6.45) is 1.77. The van der Waals surface area contributed by atoms with Gasteiger partial charge in [-0.15, -0.1) is 0 Å². The summed E-state index contributed by atoms with van der Waals surface area (Å²) in [4.78, 5) is 2.36. The van der Waals surface area contributed by atoms with Crippen molar-refractivity contribution in [3.63, 3.8) is 0 Å². The van der Waals surface area contributed by atoms with Crippen molar-refractivity contribution in [2.45, 2.75) is 12.6 Å². The predicted octanol–water partition coefficient (Wildman–Crippen LogP) is 2.00. The summed E-state index contributed by atoms with van der Waals surface area (Å²) in [5.41, 5.74) is 2.12. The molecule has 118 valence electrons. The average molecular weight is 303 g/mol. The van der Waals surface area contributed by atoms with Gasteiger partial charge in [0.2, 0.25) is 0 Å². The van der Waals surface area contributed by atoms with Crippen LogP contribution < -0.4 is 9.47 Å². The smallest absolute Gasteiger partial charge is 0.127 e. The highest BCUT2D eigenvalue weighted by Crippen LogP contribution is 2.33. The van der Waals surface area contributed by atoms with E-state index in [0.717, 1.165) is 42.5 Å². The highest BCUT2D eigenvalue weighted by atomic mass is 16.5. The number of aromatic nitrogens is 2. The number of ether oxygens (including phenoxy) is 3. The van der Waals surface area contributed by atoms with Crippen molar-refractivity contribution in [2.75, 3.05) is 34.0 Å². The van der Waals surface area contributed by atoms with Crippen molar-refractivity contribution in [1.29, 1.82) is 0 Å². The summed E-state index contributed by atoms with van der Waals surface area (Å²) in [6.45, 7) is 2.97. The van der Waals surface area contributed by atoms with Crippen molar-refractivity contribution in [2.24, 2.45) is 0 Å². The van der Waals surface area contributed by atoms with Gasteiger partial charge in [-0.25, -0.2) is 0 Å². The molecule has 0 spiro atoms. The minimum atomic E-state index is 0.158. The Morgan fingerprint density at radius 1 is 1.27 bits per heavy atom. The first-order chi connectivity index (χ1) is 10.8. The summed E-state index contributed by atoms with van der Waals surface area (Å²) in [5, 5.41) is 7.10. The van der Waals surface area contributed by atoms with E-state index in [2.05, 4.69) is 15.1 Å². The highest BCUT2D eigenvalue weighted by molar-refractivity contribution is 5.44. The largest absolute Gasteiger partial charge is 0.496 e. The molecule has 6 heteroatoms. The lowest BCUT2D eigenvalue weighted by atomic mass is 10.1. The molecule has 1 fully saturated rings. The van der Waals surface area contributed by atoms with E-state index in [0.29, 0.717) is 6.61 Å². The number of H-pyrrole nitrogens is 1. The number of rotatable bonds is 5. The summed E-state index contributed by atoms with van der Waals surface area (Å²) in [6, 6.07) is 8.01. The first kappa shape index (κ1) is 14.9. The lowest BCUT2D eigenvalue weighted by Crippen LogP contribution is -2.39. The third-order valence-corrected chi connectivity index (χ3v) is 4.01. The third-order valence-electron chi connectivity index (χ3n) is 4.01. The van der Waals surface area contributed by atoms with Crippen molar-refractivity contribution in [3.8, 4) is 11.5 Å². The number of methoxy groups -OCH3 is 2. The van der Waals surface area contributed by atoms with Crippen LogP contribution in [0.5, 0.6) is 11.5 Å². The van der Waals surface area contributed by atoms with Crippen LogP contribution in [0.1, 0.15) is 17.3 Å². The number of nitrogens with one attached hydrogen (secondary N) is 1. The van der Waals surface area contributed by atoms with Crippen LogP contribution in [0.3, 0.4) is 0 Å². The zero-order valence-corrected chi connectivity index (χ0v) is 12.9. The van der Waals surface area contributed by atoms with Gasteiger partial charge in [0, 0.05) is 19.3 Å². The summed E-state index contributed by atoms with van der Waals surface area (Å²) >= 11 is 0. The molecule has 2 aromatic rings. The van der Waals surface area contributed by atoms with Crippen molar-refractivity contribution >= 4 is 0 Å². The first-order valence-electron chi connectivity index (χ1n) is 7.34. The Balaban J connectivity index is 1.87. The Bertz CT molecular complexity index is 578. The van der Waals surface area contributed by atoms with Crippen LogP contribution in [-0.2, 0) is 11.3 Å². The second-order valence-corrected chi connectivity index (χ2v) is 5.21. The molecule has 22 heavy (non-hydrogen) atoms. The van der Waals surface area contributed by atoms with Gasteiger partial charge in [0.1, 0.15) is 11.5 Å². The fraction of sp³-hybridized carbons (Fsp3) is 0.438. The Morgan fingerprint density at radius 2 is 2.05 bits per heavy atom. The Hall–Kier alpha value is -2.05. The minimum Gasteiger partial charge on any atom is -0.496 e. The molecule has 1 saturated heterocycles. The second kappa shape index (κ2) is 6.81. The summed E-state index contributed by atoms with van der Waals surface area (Å²) in [7, 11) is 3.37. The lowest BCUT2D eigenvalue weighted by Gasteiger charge is -2.35. The van der Waals surface area contributed by atoms with Gasteiger partial charge in [-0.2, -0.15) is 5.10 Å². The van der Waals surface area contributed by atoms with Crippen molar-refractivity contribution < 1.29 is 14.2 Å². The van der Waals surface area contributed by atoms with E-state index in [9.17, 15) is 0 Å². The van der Waals surface area contributed by atoms with Crippen molar-refractivity contribution in [1.82, 2.24) is 15.1 Å². The van der Waals surface area contributed by atoms with Gasteiger partial charge in [0.05, 0.1) is 44.7 Å². The molecule has 0 saturated carbocycles. The number of aromatic amines is 1. The molecule has 0 radical (unpaired) electrons. The maximum atomic E-state index is 5.64. The van der Waals surface area contributed by atoms with Gasteiger partial charge in [-0.1, -0.05) is 6.07 Å². The lowest BCUT2D eigenvalue weighted by molar-refractivity contribution is -0.0148. The normalized spacial score (nSPS) is 19.1. The zero-order valence-electron chi connectivity index (χ0n) is 12.9. The molecule has 1 aromatic heterocycles. The van der Waals surface area contributed by atoms with E-state index in [1.165, 1.54) is 0 Å². The molecule has 2 heterocycles. The third kappa shape index (κ3) is 2.93. The topological polar surface area (TPSA) is 59.6 Å². The Morgan fingerprint density at radius 3 is 2.68 bits per heavy atom. The average Bonchev–Trinajstić information content (AvgIpc) is 3.10. The number of nitrogens with zero attached hydrogens (tertiary/aromatic N) is 2. The van der Waals surface area contributed by atoms with Gasteiger partial charge in [0.25, 0.3) is 0 Å². The van der Waals surface area contributed by atoms with Crippen LogP contribution in [0, 0.1) is 0 Å². The molecule has 1 aromatic carbocycles. The molecule has 3 rings (SSSR count). The predicted molar refractivity (Wildman–Crippen MR) is 82.1 cm³/mol. The van der Waals surface area contributed by atoms with Gasteiger partial charge in [-0.05, 0) is 18.2 Å². The number of hydrogen-bond donors (Lipinski definition) is 1.